The number of carbonyl (C=O) groups excluding carboxylic acids is 1. The highest BCUT2D eigenvalue weighted by molar-refractivity contribution is 5.81. The SMILES string of the molecule is CCCC(=O)N1CC[C@@]23c4ccccc4N[C@@H]4N(C)c5cccc6c5[C@@]42CCN([C@@H]13)[C@@H]6[C@H]1OC1(C)C. The van der Waals surface area contributed by atoms with E-state index in [-0.39, 0.29) is 40.9 Å². The molecule has 3 saturated heterocycles. The third-order valence-electron chi connectivity index (χ3n) is 10.6. The van der Waals surface area contributed by atoms with Crippen molar-refractivity contribution in [1.82, 2.24) is 9.80 Å². The molecule has 188 valence electrons. The minimum absolute atomic E-state index is 0.0350. The number of hydrogen-bond donors (Lipinski definition) is 1. The van der Waals surface area contributed by atoms with Gasteiger partial charge in [0.05, 0.1) is 23.2 Å². The van der Waals surface area contributed by atoms with Crippen LogP contribution in [0, 0.1) is 0 Å². The summed E-state index contributed by atoms with van der Waals surface area (Å²) in [6.07, 6.45) is 3.92. The molecule has 1 amide bonds. The molecule has 8 rings (SSSR count). The topological polar surface area (TPSA) is 51.4 Å². The maximum absolute atomic E-state index is 13.8. The van der Waals surface area contributed by atoms with Gasteiger partial charge in [0.15, 0.2) is 0 Å². The zero-order valence-corrected chi connectivity index (χ0v) is 21.8. The summed E-state index contributed by atoms with van der Waals surface area (Å²) in [6.45, 7) is 8.37. The van der Waals surface area contributed by atoms with Crippen LogP contribution < -0.4 is 10.2 Å². The number of nitrogens with one attached hydrogen (secondary N) is 1. The van der Waals surface area contributed by atoms with Gasteiger partial charge in [0.2, 0.25) is 5.91 Å². The number of amides is 1. The number of ether oxygens (including phenoxy) is 1. The molecule has 6 heteroatoms. The number of anilines is 2. The van der Waals surface area contributed by atoms with Gasteiger partial charge in [0, 0.05) is 43.3 Å². The van der Waals surface area contributed by atoms with Gasteiger partial charge in [-0.25, -0.2) is 0 Å². The van der Waals surface area contributed by atoms with Gasteiger partial charge in [-0.3, -0.25) is 9.69 Å². The zero-order valence-electron chi connectivity index (χ0n) is 21.8. The second-order valence-electron chi connectivity index (χ2n) is 12.4. The molecule has 2 spiro atoms. The number of rotatable bonds is 3. The molecular formula is C30H36N4O2. The summed E-state index contributed by atoms with van der Waals surface area (Å²) in [6, 6.07) is 16.0. The summed E-state index contributed by atoms with van der Waals surface area (Å²) in [5, 5.41) is 4.02. The summed E-state index contributed by atoms with van der Waals surface area (Å²) < 4.78 is 6.42. The molecule has 2 aromatic rings. The number of para-hydroxylation sites is 1. The average molecular weight is 485 g/mol. The fourth-order valence-electron chi connectivity index (χ4n) is 9.34. The molecule has 0 saturated carbocycles. The molecule has 1 unspecified atom stereocenters. The number of epoxide rings is 1. The molecule has 0 radical (unpaired) electrons. The van der Waals surface area contributed by atoms with E-state index in [1.165, 1.54) is 28.1 Å². The Balaban J connectivity index is 1.47. The Bertz CT molecular complexity index is 1310. The van der Waals surface area contributed by atoms with E-state index >= 15 is 0 Å². The molecule has 6 heterocycles. The van der Waals surface area contributed by atoms with Gasteiger partial charge < -0.3 is 19.9 Å². The zero-order chi connectivity index (χ0) is 24.6. The Labute approximate surface area is 213 Å². The summed E-state index contributed by atoms with van der Waals surface area (Å²) in [5.41, 5.74) is 6.51. The lowest BCUT2D eigenvalue weighted by Crippen LogP contribution is -2.73. The number of hydrogen-bond acceptors (Lipinski definition) is 5. The number of piperidine rings is 1. The van der Waals surface area contributed by atoms with Crippen LogP contribution in [-0.4, -0.2) is 59.9 Å². The lowest BCUT2D eigenvalue weighted by atomic mass is 9.50. The van der Waals surface area contributed by atoms with Crippen molar-refractivity contribution in [2.24, 2.45) is 0 Å². The number of fused-ring (bicyclic) bond motifs is 1. The fourth-order valence-corrected chi connectivity index (χ4v) is 9.34. The number of nitrogens with zero attached hydrogens (tertiary/aromatic N) is 3. The van der Waals surface area contributed by atoms with Crippen LogP contribution in [0.3, 0.4) is 0 Å². The Morgan fingerprint density at radius 1 is 1.08 bits per heavy atom. The van der Waals surface area contributed by atoms with Crippen molar-refractivity contribution in [3.05, 3.63) is 59.2 Å². The Hall–Kier alpha value is -2.57. The third kappa shape index (κ3) is 2.18. The molecular weight excluding hydrogens is 448 g/mol. The minimum atomic E-state index is -0.162. The number of benzene rings is 2. The first-order valence-electron chi connectivity index (χ1n) is 13.8. The van der Waals surface area contributed by atoms with Crippen molar-refractivity contribution in [2.45, 2.75) is 87.4 Å². The average Bonchev–Trinajstić information content (AvgIpc) is 3.26. The maximum atomic E-state index is 13.8. The van der Waals surface area contributed by atoms with Crippen molar-refractivity contribution in [2.75, 3.05) is 30.4 Å². The van der Waals surface area contributed by atoms with Crippen LogP contribution >= 0.6 is 0 Å². The van der Waals surface area contributed by atoms with Gasteiger partial charge in [-0.2, -0.15) is 0 Å². The molecule has 6 aliphatic heterocycles. The maximum Gasteiger partial charge on any atom is 0.223 e. The molecule has 1 N–H and O–H groups in total. The molecule has 0 aromatic heterocycles. The second-order valence-corrected chi connectivity index (χ2v) is 12.4. The van der Waals surface area contributed by atoms with E-state index < -0.39 is 0 Å². The van der Waals surface area contributed by atoms with E-state index in [4.69, 9.17) is 4.74 Å². The van der Waals surface area contributed by atoms with Crippen LogP contribution in [0.15, 0.2) is 42.5 Å². The van der Waals surface area contributed by atoms with Gasteiger partial charge in [0.25, 0.3) is 0 Å². The number of carbonyl (C=O) groups is 1. The smallest absolute Gasteiger partial charge is 0.223 e. The monoisotopic (exact) mass is 484 g/mol. The molecule has 2 aromatic carbocycles. The molecule has 3 fully saturated rings. The lowest BCUT2D eigenvalue weighted by Gasteiger charge is -2.62. The van der Waals surface area contributed by atoms with Crippen LogP contribution in [0.4, 0.5) is 11.4 Å². The van der Waals surface area contributed by atoms with Crippen molar-refractivity contribution < 1.29 is 9.53 Å². The van der Waals surface area contributed by atoms with Crippen molar-refractivity contribution >= 4 is 17.3 Å². The predicted molar refractivity (Wildman–Crippen MR) is 140 cm³/mol. The first kappa shape index (κ1) is 21.5. The quantitative estimate of drug-likeness (QED) is 0.656. The normalized spacial score (nSPS) is 39.7. The van der Waals surface area contributed by atoms with Crippen LogP contribution in [0.2, 0.25) is 0 Å². The van der Waals surface area contributed by atoms with E-state index in [2.05, 4.69) is 90.3 Å². The second kappa shape index (κ2) is 6.65. The van der Waals surface area contributed by atoms with Crippen LogP contribution in [-0.2, 0) is 20.4 Å². The van der Waals surface area contributed by atoms with Gasteiger partial charge >= 0.3 is 0 Å². The van der Waals surface area contributed by atoms with Crippen LogP contribution in [0.25, 0.3) is 0 Å². The minimum Gasteiger partial charge on any atom is -0.365 e. The van der Waals surface area contributed by atoms with E-state index in [1.807, 2.05) is 0 Å². The van der Waals surface area contributed by atoms with E-state index in [9.17, 15) is 4.79 Å². The van der Waals surface area contributed by atoms with Gasteiger partial charge in [0.1, 0.15) is 12.3 Å². The number of likely N-dealkylation sites (N-methyl/N-ethyl adjacent to an activating group) is 1. The first-order chi connectivity index (χ1) is 17.4. The molecule has 6 aliphatic rings. The van der Waals surface area contributed by atoms with E-state index in [0.717, 1.165) is 32.4 Å². The third-order valence-corrected chi connectivity index (χ3v) is 10.6. The molecule has 0 aliphatic carbocycles. The molecule has 36 heavy (non-hydrogen) atoms. The lowest BCUT2D eigenvalue weighted by molar-refractivity contribution is -0.142. The van der Waals surface area contributed by atoms with Crippen molar-refractivity contribution in [1.29, 1.82) is 0 Å². The fraction of sp³-hybridized carbons (Fsp3) is 0.567. The summed E-state index contributed by atoms with van der Waals surface area (Å²) in [5.74, 6) is 0.307. The standard InChI is InChI=1S/C30H36N4O2/c1-5-9-22(35)33-16-14-29-19-11-6-7-12-20(19)31-26-30(29)15-17-34(27(29)33)24(25-28(2,3)36-25)18-10-8-13-21(23(18)30)32(26)4/h6-8,10-13,24-27,31H,5,9,14-17H2,1-4H3/t24-,25+,26+,27+,29-,30-/m0/s1. The largest absolute Gasteiger partial charge is 0.365 e. The Morgan fingerprint density at radius 2 is 1.86 bits per heavy atom. The highest BCUT2D eigenvalue weighted by atomic mass is 16.6. The van der Waals surface area contributed by atoms with E-state index in [0.29, 0.717) is 12.3 Å². The van der Waals surface area contributed by atoms with E-state index in [1.54, 1.807) is 0 Å². The highest BCUT2D eigenvalue weighted by Gasteiger charge is 2.77. The highest BCUT2D eigenvalue weighted by Crippen LogP contribution is 2.72. The van der Waals surface area contributed by atoms with Gasteiger partial charge in [-0.05, 0) is 61.9 Å². The van der Waals surface area contributed by atoms with Crippen LogP contribution in [0.5, 0.6) is 0 Å². The van der Waals surface area contributed by atoms with Gasteiger partial charge in [-0.15, -0.1) is 0 Å². The predicted octanol–water partition coefficient (Wildman–Crippen LogP) is 4.36. The van der Waals surface area contributed by atoms with Crippen molar-refractivity contribution in [3.63, 3.8) is 0 Å². The van der Waals surface area contributed by atoms with Gasteiger partial charge in [-0.1, -0.05) is 37.3 Å². The number of likely N-dealkylation sites (tertiary alicyclic amines) is 1. The van der Waals surface area contributed by atoms with Crippen molar-refractivity contribution in [3.8, 4) is 0 Å². The van der Waals surface area contributed by atoms with Crippen LogP contribution in [0.1, 0.15) is 69.2 Å². The summed E-state index contributed by atoms with van der Waals surface area (Å²) in [4.78, 5) is 21.2. The molecule has 6 nitrogen and oxygen atoms in total. The Morgan fingerprint density at radius 3 is 2.64 bits per heavy atom. The first-order valence-corrected chi connectivity index (χ1v) is 13.8. The molecule has 7 atom stereocenters. The molecule has 2 bridgehead atoms. The Kier molecular flexibility index (Phi) is 3.97. The summed E-state index contributed by atoms with van der Waals surface area (Å²) >= 11 is 0. The summed E-state index contributed by atoms with van der Waals surface area (Å²) in [7, 11) is 2.27.